The zero-order chi connectivity index (χ0) is 16.5. The Bertz CT molecular complexity index is 733. The van der Waals surface area contributed by atoms with Crippen LogP contribution in [0.2, 0.25) is 0 Å². The fraction of sp³-hybridized carbons (Fsp3) is 0.235. The maximum Gasteiger partial charge on any atom is 0.313 e. The number of hydrogen-bond acceptors (Lipinski definition) is 3. The van der Waals surface area contributed by atoms with Gasteiger partial charge in [0.2, 0.25) is 0 Å². The molecule has 1 N–H and O–H groups in total. The molecule has 0 fully saturated rings. The van der Waals surface area contributed by atoms with Crippen LogP contribution in [-0.2, 0) is 10.2 Å². The van der Waals surface area contributed by atoms with Crippen LogP contribution in [-0.4, -0.2) is 16.0 Å². The molecule has 0 atom stereocenters. The van der Waals surface area contributed by atoms with E-state index in [-0.39, 0.29) is 5.69 Å². The summed E-state index contributed by atoms with van der Waals surface area (Å²) in [5, 5.41) is 20.4. The molecule has 0 aliphatic heterocycles. The summed E-state index contributed by atoms with van der Waals surface area (Å²) in [4.78, 5) is 22.0. The highest BCUT2D eigenvalue weighted by Gasteiger charge is 2.29. The molecule has 0 saturated carbocycles. The van der Waals surface area contributed by atoms with Crippen molar-refractivity contribution in [3.8, 4) is 11.1 Å². The third kappa shape index (κ3) is 2.83. The van der Waals surface area contributed by atoms with Crippen molar-refractivity contribution in [1.82, 2.24) is 0 Å². The number of aliphatic carboxylic acids is 1. The number of nitro benzene ring substituents is 1. The lowest BCUT2D eigenvalue weighted by molar-refractivity contribution is -0.384. The van der Waals surface area contributed by atoms with Crippen LogP contribution >= 0.6 is 0 Å². The van der Waals surface area contributed by atoms with Crippen molar-refractivity contribution in [2.45, 2.75) is 26.2 Å². The average Bonchev–Trinajstić information content (AvgIpc) is 2.46. The van der Waals surface area contributed by atoms with E-state index in [0.29, 0.717) is 16.7 Å². The predicted octanol–water partition coefficient (Wildman–Crippen LogP) is 3.93. The Morgan fingerprint density at radius 3 is 2.23 bits per heavy atom. The number of hydrogen-bond donors (Lipinski definition) is 1. The topological polar surface area (TPSA) is 80.4 Å². The van der Waals surface area contributed by atoms with Crippen molar-refractivity contribution in [1.29, 1.82) is 0 Å². The zero-order valence-corrected chi connectivity index (χ0v) is 12.7. The molecule has 0 heterocycles. The Morgan fingerprint density at radius 2 is 1.73 bits per heavy atom. The standard InChI is InChI=1S/C17H17NO4/c1-11-4-9-15(18(21)22)14(10-11)12-5-7-13(8-6-12)17(2,3)16(19)20/h4-10H,1-3H3,(H,19,20). The number of nitro groups is 1. The van der Waals surface area contributed by atoms with Crippen molar-refractivity contribution < 1.29 is 14.8 Å². The number of carbonyl (C=O) groups is 1. The van der Waals surface area contributed by atoms with Gasteiger partial charge in [0, 0.05) is 6.07 Å². The summed E-state index contributed by atoms with van der Waals surface area (Å²) in [6, 6.07) is 11.8. The second-order valence-corrected chi connectivity index (χ2v) is 5.79. The molecule has 0 aliphatic carbocycles. The molecule has 0 aliphatic rings. The highest BCUT2D eigenvalue weighted by Crippen LogP contribution is 2.32. The number of aryl methyl sites for hydroxylation is 1. The molecule has 114 valence electrons. The molecule has 5 heteroatoms. The van der Waals surface area contributed by atoms with E-state index in [1.54, 1.807) is 50.2 Å². The zero-order valence-electron chi connectivity index (χ0n) is 12.7. The second-order valence-electron chi connectivity index (χ2n) is 5.79. The first-order chi connectivity index (χ1) is 10.2. The van der Waals surface area contributed by atoms with Crippen molar-refractivity contribution in [3.05, 3.63) is 63.7 Å². The molecule has 0 bridgehead atoms. The third-order valence-corrected chi connectivity index (χ3v) is 3.80. The first-order valence-electron chi connectivity index (χ1n) is 6.83. The molecule has 5 nitrogen and oxygen atoms in total. The largest absolute Gasteiger partial charge is 0.481 e. The Morgan fingerprint density at radius 1 is 1.14 bits per heavy atom. The summed E-state index contributed by atoms with van der Waals surface area (Å²) in [5.41, 5.74) is 1.84. The maximum atomic E-state index is 11.3. The monoisotopic (exact) mass is 299 g/mol. The molecule has 22 heavy (non-hydrogen) atoms. The predicted molar refractivity (Wildman–Crippen MR) is 83.9 cm³/mol. The smallest absolute Gasteiger partial charge is 0.313 e. The van der Waals surface area contributed by atoms with Crippen LogP contribution in [0, 0.1) is 17.0 Å². The van der Waals surface area contributed by atoms with Crippen LogP contribution in [0.1, 0.15) is 25.0 Å². The molecule has 2 aromatic carbocycles. The Kier molecular flexibility index (Phi) is 3.99. The normalized spacial score (nSPS) is 11.2. The van der Waals surface area contributed by atoms with Crippen LogP contribution in [0.25, 0.3) is 11.1 Å². The summed E-state index contributed by atoms with van der Waals surface area (Å²) in [5.74, 6) is -0.915. The summed E-state index contributed by atoms with van der Waals surface area (Å²) in [7, 11) is 0. The minimum Gasteiger partial charge on any atom is -0.481 e. The van der Waals surface area contributed by atoms with Crippen LogP contribution in [0.4, 0.5) is 5.69 Å². The van der Waals surface area contributed by atoms with Crippen molar-refractivity contribution in [2.75, 3.05) is 0 Å². The molecule has 0 unspecified atom stereocenters. The lowest BCUT2D eigenvalue weighted by Crippen LogP contribution is -2.28. The molecular formula is C17H17NO4. The van der Waals surface area contributed by atoms with Crippen LogP contribution in [0.15, 0.2) is 42.5 Å². The van der Waals surface area contributed by atoms with Gasteiger partial charge in [0.25, 0.3) is 5.69 Å². The Labute approximate surface area is 128 Å². The number of benzene rings is 2. The van der Waals surface area contributed by atoms with Crippen LogP contribution in [0.3, 0.4) is 0 Å². The van der Waals surface area contributed by atoms with Gasteiger partial charge in [-0.05, 0) is 38.0 Å². The van der Waals surface area contributed by atoms with Crippen molar-refractivity contribution >= 4 is 11.7 Å². The van der Waals surface area contributed by atoms with Crippen LogP contribution < -0.4 is 0 Å². The first kappa shape index (κ1) is 15.7. The minimum absolute atomic E-state index is 0.0378. The quantitative estimate of drug-likeness (QED) is 0.685. The first-order valence-corrected chi connectivity index (χ1v) is 6.83. The molecular weight excluding hydrogens is 282 g/mol. The molecule has 0 spiro atoms. The average molecular weight is 299 g/mol. The van der Waals surface area contributed by atoms with Gasteiger partial charge in [-0.25, -0.2) is 0 Å². The van der Waals surface area contributed by atoms with Gasteiger partial charge >= 0.3 is 5.97 Å². The summed E-state index contributed by atoms with van der Waals surface area (Å²) < 4.78 is 0. The lowest BCUT2D eigenvalue weighted by atomic mass is 9.84. The SMILES string of the molecule is Cc1ccc([N+](=O)[O-])c(-c2ccc(C(C)(C)C(=O)O)cc2)c1. The van der Waals surface area contributed by atoms with Gasteiger partial charge < -0.3 is 5.11 Å². The fourth-order valence-electron chi connectivity index (χ4n) is 2.23. The van der Waals surface area contributed by atoms with Gasteiger partial charge in [0.1, 0.15) is 0 Å². The van der Waals surface area contributed by atoms with E-state index in [1.807, 2.05) is 6.92 Å². The number of carboxylic acids is 1. The van der Waals surface area contributed by atoms with E-state index in [2.05, 4.69) is 0 Å². The lowest BCUT2D eigenvalue weighted by Gasteiger charge is -2.19. The van der Waals surface area contributed by atoms with Crippen molar-refractivity contribution in [3.63, 3.8) is 0 Å². The van der Waals surface area contributed by atoms with E-state index in [0.717, 1.165) is 5.56 Å². The van der Waals surface area contributed by atoms with Gasteiger partial charge in [0.05, 0.1) is 15.9 Å². The highest BCUT2D eigenvalue weighted by molar-refractivity contribution is 5.81. The van der Waals surface area contributed by atoms with E-state index >= 15 is 0 Å². The summed E-state index contributed by atoms with van der Waals surface area (Å²) in [6.45, 7) is 5.12. The molecule has 0 amide bonds. The van der Waals surface area contributed by atoms with Crippen molar-refractivity contribution in [2.24, 2.45) is 0 Å². The van der Waals surface area contributed by atoms with Gasteiger partial charge in [-0.2, -0.15) is 0 Å². The van der Waals surface area contributed by atoms with Gasteiger partial charge in [0.15, 0.2) is 0 Å². The maximum absolute atomic E-state index is 11.3. The highest BCUT2D eigenvalue weighted by atomic mass is 16.6. The Balaban J connectivity index is 2.50. The number of rotatable bonds is 4. The number of nitrogens with zero attached hydrogens (tertiary/aromatic N) is 1. The minimum atomic E-state index is -1.00. The van der Waals surface area contributed by atoms with Gasteiger partial charge in [-0.15, -0.1) is 0 Å². The number of carboxylic acid groups (broad SMARTS) is 1. The molecule has 2 rings (SSSR count). The van der Waals surface area contributed by atoms with E-state index in [9.17, 15) is 20.0 Å². The fourth-order valence-corrected chi connectivity index (χ4v) is 2.23. The molecule has 0 aromatic heterocycles. The van der Waals surface area contributed by atoms with E-state index in [1.165, 1.54) is 6.07 Å². The van der Waals surface area contributed by atoms with Gasteiger partial charge in [-0.3, -0.25) is 14.9 Å². The van der Waals surface area contributed by atoms with E-state index in [4.69, 9.17) is 0 Å². The van der Waals surface area contributed by atoms with Crippen LogP contribution in [0.5, 0.6) is 0 Å². The Hall–Kier alpha value is -2.69. The molecule has 0 radical (unpaired) electrons. The molecule has 0 saturated heterocycles. The summed E-state index contributed by atoms with van der Waals surface area (Å²) in [6.07, 6.45) is 0. The molecule has 2 aromatic rings. The second kappa shape index (κ2) is 5.60. The summed E-state index contributed by atoms with van der Waals surface area (Å²) >= 11 is 0. The van der Waals surface area contributed by atoms with E-state index < -0.39 is 16.3 Å². The van der Waals surface area contributed by atoms with Gasteiger partial charge in [-0.1, -0.05) is 35.9 Å². The third-order valence-electron chi connectivity index (χ3n) is 3.80.